The maximum atomic E-state index is 13.4. The first-order valence-corrected chi connectivity index (χ1v) is 13.0. The number of aliphatic hydroxyl groups excluding tert-OH is 1. The van der Waals surface area contributed by atoms with Crippen LogP contribution >= 0.6 is 11.8 Å². The monoisotopic (exact) mass is 546 g/mol. The standard InChI is InChI=1S/C26H25F3N4O4S/c27-26(28,29)16-6-7-20(15(12-16)13-21-22(34)31-25(37)38-21)32-11-8-17(14-32)30-9-3-10-33-23(35)18-4-1-2-5-19(18)24(33)36/h1-2,4-7,12-13,17,25,30,37H,3,8-11,14H2,(H,31,34). The molecular weight excluding hydrogens is 521 g/mol. The van der Waals surface area contributed by atoms with Gasteiger partial charge in [0.05, 0.1) is 21.6 Å². The van der Waals surface area contributed by atoms with Gasteiger partial charge in [0.25, 0.3) is 17.7 Å². The molecule has 2 saturated heterocycles. The zero-order valence-corrected chi connectivity index (χ0v) is 20.9. The molecule has 200 valence electrons. The van der Waals surface area contributed by atoms with E-state index in [1.807, 2.05) is 4.90 Å². The van der Waals surface area contributed by atoms with Gasteiger partial charge in [-0.2, -0.15) is 13.2 Å². The Morgan fingerprint density at radius 3 is 2.45 bits per heavy atom. The first kappa shape index (κ1) is 26.3. The van der Waals surface area contributed by atoms with Gasteiger partial charge in [0.1, 0.15) is 0 Å². The molecule has 0 spiro atoms. The van der Waals surface area contributed by atoms with Crippen LogP contribution in [0, 0.1) is 0 Å². The van der Waals surface area contributed by atoms with E-state index in [4.69, 9.17) is 0 Å². The van der Waals surface area contributed by atoms with Crippen molar-refractivity contribution in [1.82, 2.24) is 15.5 Å². The van der Waals surface area contributed by atoms with Crippen LogP contribution in [-0.4, -0.2) is 65.5 Å². The number of benzene rings is 2. The van der Waals surface area contributed by atoms with Crippen LogP contribution in [0.1, 0.15) is 44.7 Å². The third kappa shape index (κ3) is 5.29. The number of anilines is 1. The highest BCUT2D eigenvalue weighted by atomic mass is 32.2. The molecular formula is C26H25F3N4O4S. The van der Waals surface area contributed by atoms with E-state index in [0.717, 1.165) is 30.3 Å². The number of halogens is 3. The number of aliphatic hydroxyl groups is 1. The molecule has 3 N–H and O–H groups in total. The highest BCUT2D eigenvalue weighted by molar-refractivity contribution is 8.05. The highest BCUT2D eigenvalue weighted by Gasteiger charge is 2.35. The molecule has 3 amide bonds. The molecule has 2 atom stereocenters. The lowest BCUT2D eigenvalue weighted by Gasteiger charge is -2.23. The molecule has 0 saturated carbocycles. The average molecular weight is 547 g/mol. The van der Waals surface area contributed by atoms with E-state index in [9.17, 15) is 32.7 Å². The summed E-state index contributed by atoms with van der Waals surface area (Å²) >= 11 is 0.846. The Balaban J connectivity index is 1.21. The molecule has 0 bridgehead atoms. The zero-order chi connectivity index (χ0) is 27.0. The summed E-state index contributed by atoms with van der Waals surface area (Å²) in [6.07, 6.45) is -1.85. The van der Waals surface area contributed by atoms with Crippen molar-refractivity contribution >= 4 is 41.2 Å². The number of nitrogens with zero attached hydrogens (tertiary/aromatic N) is 2. The van der Waals surface area contributed by atoms with E-state index in [2.05, 4.69) is 10.6 Å². The fourth-order valence-electron chi connectivity index (χ4n) is 4.89. The smallest absolute Gasteiger partial charge is 0.369 e. The Hall–Kier alpha value is -3.35. The number of alkyl halides is 3. The summed E-state index contributed by atoms with van der Waals surface area (Å²) < 4.78 is 40.2. The number of carbonyl (C=O) groups excluding carboxylic acids is 3. The quantitative estimate of drug-likeness (QED) is 0.279. The summed E-state index contributed by atoms with van der Waals surface area (Å²) in [5.41, 5.74) is -0.305. The highest BCUT2D eigenvalue weighted by Crippen LogP contribution is 2.37. The molecule has 3 aliphatic heterocycles. The largest absolute Gasteiger partial charge is 0.416 e. The van der Waals surface area contributed by atoms with Crippen LogP contribution in [0.25, 0.3) is 6.08 Å². The van der Waals surface area contributed by atoms with Crippen molar-refractivity contribution in [2.45, 2.75) is 30.6 Å². The van der Waals surface area contributed by atoms with Gasteiger partial charge in [-0.25, -0.2) is 0 Å². The van der Waals surface area contributed by atoms with Crippen LogP contribution in [0.5, 0.6) is 0 Å². The van der Waals surface area contributed by atoms with Crippen LogP contribution < -0.4 is 15.5 Å². The fraction of sp³-hybridized carbons (Fsp3) is 0.346. The number of amides is 3. The molecule has 38 heavy (non-hydrogen) atoms. The molecule has 3 aliphatic rings. The number of rotatable bonds is 7. The first-order chi connectivity index (χ1) is 18.1. The van der Waals surface area contributed by atoms with Crippen LogP contribution in [0.15, 0.2) is 47.4 Å². The molecule has 12 heteroatoms. The minimum atomic E-state index is -4.54. The molecule has 0 aliphatic carbocycles. The SMILES string of the molecule is O=C1NC(O)SC1=Cc1cc(C(F)(F)F)ccc1N1CCC(NCCCN2C(=O)c3ccccc3C2=O)C1. The summed E-state index contributed by atoms with van der Waals surface area (Å²) in [5.74, 6) is -1.11. The number of nitrogens with one attached hydrogen (secondary N) is 2. The number of fused-ring (bicyclic) bond motifs is 1. The molecule has 2 unspecified atom stereocenters. The maximum Gasteiger partial charge on any atom is 0.416 e. The summed E-state index contributed by atoms with van der Waals surface area (Å²) in [4.78, 5) is 40.4. The summed E-state index contributed by atoms with van der Waals surface area (Å²) in [6, 6.07) is 10.3. The number of thioether (sulfide) groups is 1. The summed E-state index contributed by atoms with van der Waals surface area (Å²) in [6.45, 7) is 1.98. The zero-order valence-electron chi connectivity index (χ0n) is 20.1. The number of imide groups is 1. The van der Waals surface area contributed by atoms with E-state index in [0.29, 0.717) is 42.9 Å². The second-order valence-corrected chi connectivity index (χ2v) is 10.4. The van der Waals surface area contributed by atoms with Crippen molar-refractivity contribution in [3.63, 3.8) is 0 Å². The lowest BCUT2D eigenvalue weighted by atomic mass is 10.1. The Bertz CT molecular complexity index is 1280. The predicted octanol–water partition coefficient (Wildman–Crippen LogP) is 3.04. The Morgan fingerprint density at radius 2 is 1.82 bits per heavy atom. The van der Waals surface area contributed by atoms with Crippen molar-refractivity contribution in [1.29, 1.82) is 0 Å². The van der Waals surface area contributed by atoms with Crippen molar-refractivity contribution in [3.05, 3.63) is 69.6 Å². The topological polar surface area (TPSA) is 102 Å². The van der Waals surface area contributed by atoms with Gasteiger partial charge in [0.2, 0.25) is 0 Å². The summed E-state index contributed by atoms with van der Waals surface area (Å²) in [5, 5.41) is 15.4. The van der Waals surface area contributed by atoms with Gasteiger partial charge in [0, 0.05) is 31.4 Å². The summed E-state index contributed by atoms with van der Waals surface area (Å²) in [7, 11) is 0. The first-order valence-electron chi connectivity index (χ1n) is 12.1. The van der Waals surface area contributed by atoms with E-state index in [1.165, 1.54) is 17.0 Å². The predicted molar refractivity (Wildman–Crippen MR) is 136 cm³/mol. The Kier molecular flexibility index (Phi) is 7.21. The van der Waals surface area contributed by atoms with Gasteiger partial charge in [-0.05, 0) is 61.4 Å². The second kappa shape index (κ2) is 10.4. The second-order valence-electron chi connectivity index (χ2n) is 9.27. The number of hydrogen-bond acceptors (Lipinski definition) is 7. The van der Waals surface area contributed by atoms with Crippen molar-refractivity contribution in [2.24, 2.45) is 0 Å². The van der Waals surface area contributed by atoms with E-state index in [-0.39, 0.29) is 34.9 Å². The molecule has 5 rings (SSSR count). The third-order valence-electron chi connectivity index (χ3n) is 6.76. The van der Waals surface area contributed by atoms with Crippen LogP contribution in [0.3, 0.4) is 0 Å². The van der Waals surface area contributed by atoms with Gasteiger partial charge in [-0.3, -0.25) is 19.3 Å². The molecule has 3 heterocycles. The molecule has 2 fully saturated rings. The lowest BCUT2D eigenvalue weighted by molar-refractivity contribution is -0.137. The van der Waals surface area contributed by atoms with Gasteiger partial charge in [-0.1, -0.05) is 23.9 Å². The lowest BCUT2D eigenvalue weighted by Crippen LogP contribution is -2.36. The third-order valence-corrected chi connectivity index (χ3v) is 7.66. The molecule has 0 radical (unpaired) electrons. The van der Waals surface area contributed by atoms with Crippen molar-refractivity contribution in [3.8, 4) is 0 Å². The van der Waals surface area contributed by atoms with E-state index in [1.54, 1.807) is 24.3 Å². The molecule has 2 aromatic carbocycles. The fourth-order valence-corrected chi connectivity index (χ4v) is 5.66. The van der Waals surface area contributed by atoms with E-state index >= 15 is 0 Å². The van der Waals surface area contributed by atoms with Gasteiger partial charge in [0.15, 0.2) is 5.56 Å². The van der Waals surface area contributed by atoms with Crippen LogP contribution in [0.2, 0.25) is 0 Å². The minimum absolute atomic E-state index is 0.0611. The van der Waals surface area contributed by atoms with Crippen LogP contribution in [-0.2, 0) is 11.0 Å². The molecule has 2 aromatic rings. The van der Waals surface area contributed by atoms with E-state index < -0.39 is 23.2 Å². The van der Waals surface area contributed by atoms with Crippen LogP contribution in [0.4, 0.5) is 18.9 Å². The normalized spacial score (nSPS) is 22.5. The number of carbonyl (C=O) groups is 3. The van der Waals surface area contributed by atoms with Crippen molar-refractivity contribution < 1.29 is 32.7 Å². The molecule has 8 nitrogen and oxygen atoms in total. The molecule has 0 aromatic heterocycles. The van der Waals surface area contributed by atoms with Gasteiger partial charge in [-0.15, -0.1) is 0 Å². The minimum Gasteiger partial charge on any atom is -0.369 e. The number of hydrogen-bond donors (Lipinski definition) is 3. The maximum absolute atomic E-state index is 13.4. The van der Waals surface area contributed by atoms with Crippen molar-refractivity contribution in [2.75, 3.05) is 31.1 Å². The Labute approximate surface area is 220 Å². The van der Waals surface area contributed by atoms with Gasteiger partial charge >= 0.3 is 6.18 Å². The average Bonchev–Trinajstić information content (AvgIpc) is 3.54. The Morgan fingerprint density at radius 1 is 1.11 bits per heavy atom. The van der Waals surface area contributed by atoms with Gasteiger partial charge < -0.3 is 20.6 Å².